The van der Waals surface area contributed by atoms with Crippen molar-refractivity contribution in [3.8, 4) is 5.75 Å². The van der Waals surface area contributed by atoms with Gasteiger partial charge in [-0.25, -0.2) is 0 Å². The maximum atomic E-state index is 11.1. The molecule has 1 aromatic rings. The van der Waals surface area contributed by atoms with Crippen LogP contribution in [0.2, 0.25) is 0 Å². The summed E-state index contributed by atoms with van der Waals surface area (Å²) in [6, 6.07) is 5.04. The van der Waals surface area contributed by atoms with Crippen LogP contribution in [0.1, 0.15) is 17.3 Å². The topological polar surface area (TPSA) is 49.8 Å². The molecule has 0 aliphatic heterocycles. The summed E-state index contributed by atoms with van der Waals surface area (Å²) < 4.78 is 4.97. The number of phenols is 1. The summed E-state index contributed by atoms with van der Waals surface area (Å²) in [5.41, 5.74) is 1.21. The molecule has 88 valence electrons. The lowest BCUT2D eigenvalue weighted by molar-refractivity contribution is 0.101. The minimum absolute atomic E-state index is 0.0225. The van der Waals surface area contributed by atoms with E-state index < -0.39 is 0 Å². The van der Waals surface area contributed by atoms with E-state index >= 15 is 0 Å². The number of carbonyl (C=O) groups excluding carboxylic acids is 1. The highest BCUT2D eigenvalue weighted by Gasteiger charge is 2.08. The number of hydrogen-bond acceptors (Lipinski definition) is 4. The lowest BCUT2D eigenvalue weighted by Crippen LogP contribution is -2.21. The first-order valence-electron chi connectivity index (χ1n) is 5.10. The monoisotopic (exact) mass is 223 g/mol. The van der Waals surface area contributed by atoms with Crippen molar-refractivity contribution in [2.24, 2.45) is 0 Å². The first kappa shape index (κ1) is 12.5. The van der Waals surface area contributed by atoms with E-state index in [9.17, 15) is 9.90 Å². The van der Waals surface area contributed by atoms with Crippen LogP contribution >= 0.6 is 0 Å². The van der Waals surface area contributed by atoms with Crippen molar-refractivity contribution in [2.75, 3.05) is 32.2 Å². The maximum absolute atomic E-state index is 11.1. The van der Waals surface area contributed by atoms with E-state index in [4.69, 9.17) is 4.74 Å². The Hall–Kier alpha value is -1.55. The molecule has 0 atom stereocenters. The number of phenolic OH excluding ortho intramolecular Hbond substituents is 1. The Labute approximate surface area is 95.5 Å². The highest BCUT2D eigenvalue weighted by atomic mass is 16.5. The number of methoxy groups -OCH3 is 1. The molecule has 4 heteroatoms. The summed E-state index contributed by atoms with van der Waals surface area (Å²) in [6.45, 7) is 2.78. The molecule has 0 bridgehead atoms. The van der Waals surface area contributed by atoms with Gasteiger partial charge in [0.15, 0.2) is 5.78 Å². The number of hydrogen-bond donors (Lipinski definition) is 1. The summed E-state index contributed by atoms with van der Waals surface area (Å²) in [4.78, 5) is 13.1. The molecule has 0 saturated carbocycles. The average molecular weight is 223 g/mol. The maximum Gasteiger partial charge on any atom is 0.163 e. The summed E-state index contributed by atoms with van der Waals surface area (Å²) >= 11 is 0. The zero-order valence-electron chi connectivity index (χ0n) is 9.86. The molecule has 0 aliphatic rings. The lowest BCUT2D eigenvalue weighted by atomic mass is 10.1. The molecule has 1 rings (SSSR count). The third-order valence-electron chi connectivity index (χ3n) is 2.43. The molecule has 1 N–H and O–H groups in total. The lowest BCUT2D eigenvalue weighted by Gasteiger charge is -2.19. The smallest absolute Gasteiger partial charge is 0.163 e. The number of nitrogens with zero attached hydrogens (tertiary/aromatic N) is 1. The molecule has 4 nitrogen and oxygen atoms in total. The van der Waals surface area contributed by atoms with Gasteiger partial charge < -0.3 is 14.7 Å². The summed E-state index contributed by atoms with van der Waals surface area (Å²) in [5, 5.41) is 9.66. The van der Waals surface area contributed by atoms with Crippen molar-refractivity contribution >= 4 is 11.5 Å². The predicted molar refractivity (Wildman–Crippen MR) is 63.3 cm³/mol. The van der Waals surface area contributed by atoms with Crippen molar-refractivity contribution in [3.05, 3.63) is 23.8 Å². The second-order valence-corrected chi connectivity index (χ2v) is 3.67. The molecule has 0 aliphatic carbocycles. The second kappa shape index (κ2) is 5.51. The fourth-order valence-electron chi connectivity index (χ4n) is 1.41. The van der Waals surface area contributed by atoms with E-state index in [-0.39, 0.29) is 11.5 Å². The fourth-order valence-corrected chi connectivity index (χ4v) is 1.41. The van der Waals surface area contributed by atoms with Gasteiger partial charge in [0.25, 0.3) is 0 Å². The Morgan fingerprint density at radius 3 is 2.69 bits per heavy atom. The largest absolute Gasteiger partial charge is 0.507 e. The molecule has 0 heterocycles. The van der Waals surface area contributed by atoms with Gasteiger partial charge in [0.1, 0.15) is 5.75 Å². The summed E-state index contributed by atoms with van der Waals surface area (Å²) in [6.07, 6.45) is 0. The average Bonchev–Trinajstić information content (AvgIpc) is 2.25. The van der Waals surface area contributed by atoms with Gasteiger partial charge >= 0.3 is 0 Å². The highest BCUT2D eigenvalue weighted by molar-refractivity contribution is 5.97. The summed E-state index contributed by atoms with van der Waals surface area (Å²) in [5.74, 6) is -0.113. The van der Waals surface area contributed by atoms with Crippen LogP contribution in [-0.2, 0) is 4.74 Å². The van der Waals surface area contributed by atoms with E-state index in [0.717, 1.165) is 12.2 Å². The Morgan fingerprint density at radius 1 is 1.50 bits per heavy atom. The van der Waals surface area contributed by atoms with Crippen molar-refractivity contribution in [1.82, 2.24) is 0 Å². The number of anilines is 1. The van der Waals surface area contributed by atoms with Gasteiger partial charge in [-0.1, -0.05) is 0 Å². The Morgan fingerprint density at radius 2 is 2.19 bits per heavy atom. The van der Waals surface area contributed by atoms with Crippen molar-refractivity contribution < 1.29 is 14.6 Å². The van der Waals surface area contributed by atoms with Gasteiger partial charge in [-0.3, -0.25) is 4.79 Å². The molecular weight excluding hydrogens is 206 g/mol. The van der Waals surface area contributed by atoms with E-state index in [2.05, 4.69) is 0 Å². The van der Waals surface area contributed by atoms with Gasteiger partial charge in [-0.05, 0) is 19.1 Å². The van der Waals surface area contributed by atoms with Gasteiger partial charge in [-0.15, -0.1) is 0 Å². The van der Waals surface area contributed by atoms with Gasteiger partial charge in [-0.2, -0.15) is 0 Å². The zero-order valence-corrected chi connectivity index (χ0v) is 9.86. The Bertz CT molecular complexity index is 377. The van der Waals surface area contributed by atoms with Gasteiger partial charge in [0.05, 0.1) is 12.2 Å². The molecular formula is C12H17NO3. The number of Topliss-reactive ketones (excluding diaryl/α,β-unsaturated/α-hetero) is 1. The van der Waals surface area contributed by atoms with Gasteiger partial charge in [0, 0.05) is 32.5 Å². The van der Waals surface area contributed by atoms with E-state index in [1.54, 1.807) is 19.2 Å². The van der Waals surface area contributed by atoms with Crippen LogP contribution < -0.4 is 4.90 Å². The van der Waals surface area contributed by atoms with Crippen molar-refractivity contribution in [1.29, 1.82) is 0 Å². The number of carbonyl (C=O) groups is 1. The minimum atomic E-state index is -0.136. The molecule has 0 fully saturated rings. The van der Waals surface area contributed by atoms with Gasteiger partial charge in [0.2, 0.25) is 0 Å². The fraction of sp³-hybridized carbons (Fsp3) is 0.417. The van der Waals surface area contributed by atoms with E-state index in [1.165, 1.54) is 6.92 Å². The second-order valence-electron chi connectivity index (χ2n) is 3.67. The normalized spacial score (nSPS) is 10.2. The first-order chi connectivity index (χ1) is 7.56. The van der Waals surface area contributed by atoms with E-state index in [0.29, 0.717) is 12.2 Å². The highest BCUT2D eigenvalue weighted by Crippen LogP contribution is 2.24. The van der Waals surface area contributed by atoms with Crippen molar-refractivity contribution in [3.63, 3.8) is 0 Å². The van der Waals surface area contributed by atoms with Crippen LogP contribution in [-0.4, -0.2) is 38.2 Å². The number of ketones is 1. The van der Waals surface area contributed by atoms with E-state index in [1.807, 2.05) is 18.0 Å². The van der Waals surface area contributed by atoms with Crippen LogP contribution in [0.15, 0.2) is 18.2 Å². The summed E-state index contributed by atoms with van der Waals surface area (Å²) in [7, 11) is 3.55. The number of likely N-dealkylation sites (N-methyl/N-ethyl adjacent to an activating group) is 1. The molecule has 0 saturated heterocycles. The molecule has 0 aromatic heterocycles. The minimum Gasteiger partial charge on any atom is -0.507 e. The molecule has 0 amide bonds. The SMILES string of the molecule is COCCN(C)c1ccc(C(C)=O)c(O)c1. The number of ether oxygens (including phenoxy) is 1. The molecule has 0 radical (unpaired) electrons. The molecule has 1 aromatic carbocycles. The standard InChI is InChI=1S/C12H17NO3/c1-9(14)11-5-4-10(8-12(11)15)13(2)6-7-16-3/h4-5,8,15H,6-7H2,1-3H3. The number of aromatic hydroxyl groups is 1. The third kappa shape index (κ3) is 2.97. The molecule has 16 heavy (non-hydrogen) atoms. The van der Waals surface area contributed by atoms with Crippen LogP contribution in [0.5, 0.6) is 5.75 Å². The molecule has 0 spiro atoms. The first-order valence-corrected chi connectivity index (χ1v) is 5.10. The van der Waals surface area contributed by atoms with Crippen LogP contribution in [0.4, 0.5) is 5.69 Å². The van der Waals surface area contributed by atoms with Crippen LogP contribution in [0, 0.1) is 0 Å². The van der Waals surface area contributed by atoms with Crippen LogP contribution in [0.25, 0.3) is 0 Å². The Kier molecular flexibility index (Phi) is 4.31. The predicted octanol–water partition coefficient (Wildman–Crippen LogP) is 1.68. The number of rotatable bonds is 5. The van der Waals surface area contributed by atoms with Crippen LogP contribution in [0.3, 0.4) is 0 Å². The Balaban J connectivity index is 2.84. The third-order valence-corrected chi connectivity index (χ3v) is 2.43. The zero-order chi connectivity index (χ0) is 12.1. The number of benzene rings is 1. The quantitative estimate of drug-likeness (QED) is 0.771. The van der Waals surface area contributed by atoms with Crippen molar-refractivity contribution in [2.45, 2.75) is 6.92 Å². The molecule has 0 unspecified atom stereocenters.